The van der Waals surface area contributed by atoms with E-state index in [4.69, 9.17) is 5.21 Å². The van der Waals surface area contributed by atoms with Crippen LogP contribution in [-0.2, 0) is 11.3 Å². The van der Waals surface area contributed by atoms with Crippen LogP contribution < -0.4 is 20.4 Å². The minimum Gasteiger partial charge on any atom is -0.504 e. The van der Waals surface area contributed by atoms with Gasteiger partial charge in [0.05, 0.1) is 5.56 Å². The molecule has 1 aliphatic heterocycles. The molecule has 244 valence electrons. The number of aromatic hydroxyl groups is 1. The maximum atomic E-state index is 14.8. The van der Waals surface area contributed by atoms with E-state index in [-0.39, 0.29) is 22.7 Å². The molecule has 3 heterocycles. The van der Waals surface area contributed by atoms with Crippen molar-refractivity contribution < 1.29 is 33.0 Å². The average Bonchev–Trinajstić information content (AvgIpc) is 3.10. The predicted molar refractivity (Wildman–Crippen MR) is 166 cm³/mol. The molecule has 1 saturated heterocycles. The van der Waals surface area contributed by atoms with Gasteiger partial charge < -0.3 is 20.1 Å². The molecule has 1 aliphatic rings. The first-order valence-corrected chi connectivity index (χ1v) is 14.5. The largest absolute Gasteiger partial charge is 0.504 e. The van der Waals surface area contributed by atoms with Crippen molar-refractivity contribution in [2.75, 3.05) is 18.0 Å². The molecule has 0 spiro atoms. The van der Waals surface area contributed by atoms with Gasteiger partial charge in [0.15, 0.2) is 17.3 Å². The molecule has 0 unspecified atom stereocenters. The summed E-state index contributed by atoms with van der Waals surface area (Å²) in [7, 11) is 0. The van der Waals surface area contributed by atoms with Crippen LogP contribution in [0.4, 0.5) is 19.0 Å². The third-order valence-corrected chi connectivity index (χ3v) is 7.64. The fraction of sp³-hybridized carbons (Fsp3) is 0.212. The normalized spacial score (nSPS) is 13.4. The van der Waals surface area contributed by atoms with Crippen LogP contribution in [0.1, 0.15) is 35.4 Å². The number of nitriles is 2. The number of carbonyl (C=O) groups is 1. The Morgan fingerprint density at radius 3 is 2.42 bits per heavy atom. The van der Waals surface area contributed by atoms with Crippen molar-refractivity contribution in [1.29, 1.82) is 10.5 Å². The lowest BCUT2D eigenvalue weighted by atomic mass is 9.91. The molecular formula is C33H27F3N8O4. The number of carbonyl (C=O) groups excluding carboxylic acids is 1. The van der Waals surface area contributed by atoms with Gasteiger partial charge in [-0.2, -0.15) is 19.3 Å². The number of amides is 1. The van der Waals surface area contributed by atoms with Gasteiger partial charge in [0.1, 0.15) is 29.3 Å². The van der Waals surface area contributed by atoms with Gasteiger partial charge >= 0.3 is 6.61 Å². The zero-order chi connectivity index (χ0) is 34.2. The third-order valence-electron chi connectivity index (χ3n) is 7.64. The van der Waals surface area contributed by atoms with Crippen molar-refractivity contribution in [1.82, 2.24) is 25.7 Å². The minimum atomic E-state index is -3.15. The Morgan fingerprint density at radius 2 is 1.79 bits per heavy atom. The van der Waals surface area contributed by atoms with Crippen molar-refractivity contribution in [2.24, 2.45) is 0 Å². The Hall–Kier alpha value is -6.03. The van der Waals surface area contributed by atoms with Gasteiger partial charge in [-0.15, -0.1) is 0 Å². The zero-order valence-corrected chi connectivity index (χ0v) is 25.1. The number of pyridine rings is 1. The SMILES string of the molecule is N#Cc1ccc(-c2c(-c3ccc(OC(F)F)c(O)c3)cnc(N3CCC(NCc4cnc(/C=C/C(=O)NO)nc4)CC3)c2C#N)cc1F. The van der Waals surface area contributed by atoms with Gasteiger partial charge in [-0.3, -0.25) is 10.0 Å². The summed E-state index contributed by atoms with van der Waals surface area (Å²) >= 11 is 0. The van der Waals surface area contributed by atoms with E-state index < -0.39 is 29.8 Å². The second kappa shape index (κ2) is 15.0. The van der Waals surface area contributed by atoms with Crippen molar-refractivity contribution in [2.45, 2.75) is 32.0 Å². The molecule has 1 amide bonds. The Bertz CT molecular complexity index is 1920. The van der Waals surface area contributed by atoms with Crippen molar-refractivity contribution in [3.63, 3.8) is 0 Å². The maximum absolute atomic E-state index is 14.8. The molecule has 48 heavy (non-hydrogen) atoms. The van der Waals surface area contributed by atoms with E-state index in [0.717, 1.165) is 23.8 Å². The fourth-order valence-electron chi connectivity index (χ4n) is 5.29. The van der Waals surface area contributed by atoms with Crippen LogP contribution >= 0.6 is 0 Å². The summed E-state index contributed by atoms with van der Waals surface area (Å²) in [5.74, 6) is -1.81. The molecular weight excluding hydrogens is 629 g/mol. The molecule has 0 saturated carbocycles. The molecule has 2 aromatic heterocycles. The number of halogens is 3. The van der Waals surface area contributed by atoms with Gasteiger partial charge in [0.25, 0.3) is 5.91 Å². The van der Waals surface area contributed by atoms with Crippen LogP contribution in [0.25, 0.3) is 28.3 Å². The molecule has 1 fully saturated rings. The zero-order valence-electron chi connectivity index (χ0n) is 25.1. The summed E-state index contributed by atoms with van der Waals surface area (Å²) in [5, 5.41) is 42.1. The molecule has 0 radical (unpaired) electrons. The number of nitrogens with one attached hydrogen (secondary N) is 2. The number of alkyl halides is 2. The molecule has 0 atom stereocenters. The third kappa shape index (κ3) is 7.67. The number of phenolic OH excluding ortho intramolecular Hbond substituents is 1. The summed E-state index contributed by atoms with van der Waals surface area (Å²) < 4.78 is 44.7. The minimum absolute atomic E-state index is 0.128. The number of phenols is 1. The monoisotopic (exact) mass is 656 g/mol. The number of hydroxylamine groups is 1. The first-order valence-electron chi connectivity index (χ1n) is 14.5. The number of aromatic nitrogens is 3. The number of nitrogens with zero attached hydrogens (tertiary/aromatic N) is 6. The van der Waals surface area contributed by atoms with E-state index in [9.17, 15) is 33.6 Å². The summed E-state index contributed by atoms with van der Waals surface area (Å²) in [6.07, 6.45) is 8.60. The number of rotatable bonds is 10. The van der Waals surface area contributed by atoms with Gasteiger partial charge in [0, 0.05) is 67.0 Å². The van der Waals surface area contributed by atoms with Crippen molar-refractivity contribution >= 4 is 17.8 Å². The first-order chi connectivity index (χ1) is 23.2. The molecule has 0 bridgehead atoms. The smallest absolute Gasteiger partial charge is 0.387 e. The summed E-state index contributed by atoms with van der Waals surface area (Å²) in [5.41, 5.74) is 3.49. The Labute approximate surface area is 272 Å². The topological polar surface area (TPSA) is 180 Å². The molecule has 15 heteroatoms. The summed E-state index contributed by atoms with van der Waals surface area (Å²) in [6, 6.07) is 11.8. The Balaban J connectivity index is 1.37. The standard InChI is InChI=1S/C33H27F3N8O4/c34-26-11-21(1-2-22(26)13-37)31-24(14-38)32(42-18-25(31)20-3-4-28(27(45)12-20)48-33(35)36)44-9-7-23(8-10-44)39-15-19-16-40-29(41-17-19)5-6-30(46)43-47/h1-6,11-12,16-18,23,33,39,45,47H,7-10,15H2,(H,43,46)/b6-5+. The number of benzene rings is 2. The van der Waals surface area contributed by atoms with Crippen LogP contribution in [0.5, 0.6) is 11.5 Å². The van der Waals surface area contributed by atoms with Gasteiger partial charge in [-0.25, -0.2) is 24.8 Å². The Morgan fingerprint density at radius 1 is 1.06 bits per heavy atom. The van der Waals surface area contributed by atoms with Gasteiger partial charge in [-0.1, -0.05) is 12.1 Å². The van der Waals surface area contributed by atoms with Crippen LogP contribution in [0.3, 0.4) is 0 Å². The summed E-state index contributed by atoms with van der Waals surface area (Å²) in [6.45, 7) is -1.59. The van der Waals surface area contributed by atoms with Crippen LogP contribution in [-0.4, -0.2) is 56.9 Å². The molecule has 12 nitrogen and oxygen atoms in total. The van der Waals surface area contributed by atoms with E-state index in [0.29, 0.717) is 60.8 Å². The average molecular weight is 657 g/mol. The molecule has 5 rings (SSSR count). The van der Waals surface area contributed by atoms with Crippen molar-refractivity contribution in [3.05, 3.63) is 89.4 Å². The second-order valence-corrected chi connectivity index (χ2v) is 10.6. The van der Waals surface area contributed by atoms with Crippen LogP contribution in [0.2, 0.25) is 0 Å². The van der Waals surface area contributed by atoms with E-state index >= 15 is 0 Å². The quantitative estimate of drug-likeness (QED) is 0.106. The second-order valence-electron chi connectivity index (χ2n) is 10.6. The lowest BCUT2D eigenvalue weighted by molar-refractivity contribution is -0.124. The molecule has 2 aromatic carbocycles. The highest BCUT2D eigenvalue weighted by Gasteiger charge is 2.26. The number of anilines is 1. The molecule has 4 aromatic rings. The van der Waals surface area contributed by atoms with Gasteiger partial charge in [0.2, 0.25) is 0 Å². The molecule has 4 N–H and O–H groups in total. The number of piperidine rings is 1. The number of hydrogen-bond acceptors (Lipinski definition) is 11. The lowest BCUT2D eigenvalue weighted by Gasteiger charge is -2.34. The van der Waals surface area contributed by atoms with E-state index in [1.165, 1.54) is 42.0 Å². The van der Waals surface area contributed by atoms with Crippen molar-refractivity contribution in [3.8, 4) is 45.9 Å². The highest BCUT2D eigenvalue weighted by atomic mass is 19.3. The van der Waals surface area contributed by atoms with Crippen LogP contribution in [0, 0.1) is 28.5 Å². The number of hydrogen-bond donors (Lipinski definition) is 4. The summed E-state index contributed by atoms with van der Waals surface area (Å²) in [4.78, 5) is 26.0. The maximum Gasteiger partial charge on any atom is 0.387 e. The van der Waals surface area contributed by atoms with E-state index in [2.05, 4.69) is 31.1 Å². The first kappa shape index (κ1) is 33.3. The lowest BCUT2D eigenvalue weighted by Crippen LogP contribution is -2.43. The van der Waals surface area contributed by atoms with Crippen LogP contribution in [0.15, 0.2) is 61.1 Å². The van der Waals surface area contributed by atoms with E-state index in [1.807, 2.05) is 4.90 Å². The number of ether oxygens (including phenoxy) is 1. The Kier molecular flexibility index (Phi) is 10.4. The highest BCUT2D eigenvalue weighted by Crippen LogP contribution is 2.41. The highest BCUT2D eigenvalue weighted by molar-refractivity contribution is 5.91. The van der Waals surface area contributed by atoms with Gasteiger partial charge in [-0.05, 0) is 54.3 Å². The molecule has 0 aliphatic carbocycles. The predicted octanol–water partition coefficient (Wildman–Crippen LogP) is 4.67. The fourth-order valence-corrected chi connectivity index (χ4v) is 5.29. The van der Waals surface area contributed by atoms with E-state index in [1.54, 1.807) is 18.5 Å².